The number of ether oxygens (including phenoxy) is 2. The third kappa shape index (κ3) is 4.54. The van der Waals surface area contributed by atoms with Gasteiger partial charge in [-0.25, -0.2) is 0 Å². The van der Waals surface area contributed by atoms with Gasteiger partial charge in [-0.1, -0.05) is 17.7 Å². The molecule has 0 aliphatic rings. The average molecular weight is 439 g/mol. The van der Waals surface area contributed by atoms with E-state index in [-0.39, 0.29) is 18.2 Å². The van der Waals surface area contributed by atoms with Gasteiger partial charge in [-0.2, -0.15) is 0 Å². The fraction of sp³-hybridized carbons (Fsp3) is 0.208. The van der Waals surface area contributed by atoms with Crippen molar-refractivity contribution in [3.8, 4) is 11.5 Å². The molecule has 0 radical (unpaired) electrons. The number of amides is 1. The molecule has 1 atom stereocenters. The van der Waals surface area contributed by atoms with E-state index in [1.165, 1.54) is 0 Å². The summed E-state index contributed by atoms with van der Waals surface area (Å²) in [4.78, 5) is 16.1. The topological polar surface area (TPSA) is 76.5 Å². The van der Waals surface area contributed by atoms with Gasteiger partial charge in [-0.15, -0.1) is 0 Å². The lowest BCUT2D eigenvalue weighted by Crippen LogP contribution is -2.24. The minimum atomic E-state index is -0.219. The van der Waals surface area contributed by atoms with Crippen LogP contribution in [0.5, 0.6) is 11.5 Å². The Hall–Kier alpha value is -3.38. The minimum absolute atomic E-state index is 0.0902. The number of halogens is 1. The summed E-state index contributed by atoms with van der Waals surface area (Å²) in [6, 6.07) is 15.0. The zero-order valence-electron chi connectivity index (χ0n) is 17.3. The number of hydrogen-bond donors (Lipinski definition) is 2. The maximum absolute atomic E-state index is 12.9. The summed E-state index contributed by atoms with van der Waals surface area (Å²) in [6.07, 6.45) is 3.77. The first-order valence-electron chi connectivity index (χ1n) is 9.86. The lowest BCUT2D eigenvalue weighted by Gasteiger charge is -2.19. The van der Waals surface area contributed by atoms with Gasteiger partial charge in [0.15, 0.2) is 11.5 Å². The number of carbonyl (C=O) groups excluding carboxylic acids is 1. The second-order valence-electron chi connectivity index (χ2n) is 7.16. The first-order valence-corrected chi connectivity index (χ1v) is 10.2. The summed E-state index contributed by atoms with van der Waals surface area (Å²) in [6.45, 7) is 0.337. The number of carbonyl (C=O) groups is 1. The van der Waals surface area contributed by atoms with Crippen molar-refractivity contribution in [3.63, 3.8) is 0 Å². The number of nitrogens with one attached hydrogen (secondary N) is 2. The van der Waals surface area contributed by atoms with E-state index in [1.54, 1.807) is 26.5 Å². The molecule has 0 saturated heterocycles. The van der Waals surface area contributed by atoms with Crippen LogP contribution in [0.4, 0.5) is 0 Å². The van der Waals surface area contributed by atoms with Crippen LogP contribution >= 0.6 is 11.6 Å². The summed E-state index contributed by atoms with van der Waals surface area (Å²) in [5.41, 5.74) is 2.88. The summed E-state index contributed by atoms with van der Waals surface area (Å²) < 4.78 is 16.2. The van der Waals surface area contributed by atoms with Crippen molar-refractivity contribution in [1.29, 1.82) is 0 Å². The quantitative estimate of drug-likeness (QED) is 0.393. The highest BCUT2D eigenvalue weighted by Crippen LogP contribution is 2.38. The lowest BCUT2D eigenvalue weighted by molar-refractivity contribution is -0.121. The fourth-order valence-electron chi connectivity index (χ4n) is 3.74. The molecule has 160 valence electrons. The SMILES string of the molecule is COc1ccc([C@H](CC(=O)NCc2ccco2)c2c[nH]c3ccc(Cl)cc23)cc1OC. The molecule has 2 heterocycles. The maximum atomic E-state index is 12.9. The molecule has 0 bridgehead atoms. The largest absolute Gasteiger partial charge is 0.493 e. The number of hydrogen-bond acceptors (Lipinski definition) is 4. The normalized spacial score (nSPS) is 12.0. The third-order valence-corrected chi connectivity index (χ3v) is 5.53. The third-order valence-electron chi connectivity index (χ3n) is 5.29. The lowest BCUT2D eigenvalue weighted by atomic mass is 9.87. The molecule has 2 aromatic heterocycles. The summed E-state index contributed by atoms with van der Waals surface area (Å²) in [5, 5.41) is 4.55. The van der Waals surface area contributed by atoms with Crippen molar-refractivity contribution < 1.29 is 18.7 Å². The highest BCUT2D eigenvalue weighted by atomic mass is 35.5. The second kappa shape index (κ2) is 9.18. The molecule has 2 N–H and O–H groups in total. The zero-order chi connectivity index (χ0) is 21.8. The Morgan fingerprint density at radius 3 is 2.71 bits per heavy atom. The predicted octanol–water partition coefficient (Wildman–Crippen LogP) is 5.27. The van der Waals surface area contributed by atoms with Crippen LogP contribution in [0.1, 0.15) is 29.2 Å². The van der Waals surface area contributed by atoms with Crippen LogP contribution < -0.4 is 14.8 Å². The smallest absolute Gasteiger partial charge is 0.221 e. The number of fused-ring (bicyclic) bond motifs is 1. The van der Waals surface area contributed by atoms with Gasteiger partial charge in [0.2, 0.25) is 5.91 Å². The molecule has 0 fully saturated rings. The van der Waals surface area contributed by atoms with Gasteiger partial charge in [0.05, 0.1) is 27.0 Å². The van der Waals surface area contributed by atoms with Crippen LogP contribution in [0.3, 0.4) is 0 Å². The predicted molar refractivity (Wildman–Crippen MR) is 120 cm³/mol. The summed E-state index contributed by atoms with van der Waals surface area (Å²) in [7, 11) is 3.19. The molecule has 7 heteroatoms. The van der Waals surface area contributed by atoms with E-state index in [2.05, 4.69) is 10.3 Å². The van der Waals surface area contributed by atoms with Gasteiger partial charge in [-0.3, -0.25) is 4.79 Å². The van der Waals surface area contributed by atoms with Crippen molar-refractivity contribution in [3.05, 3.63) is 82.9 Å². The molecule has 0 spiro atoms. The summed E-state index contributed by atoms with van der Waals surface area (Å²) >= 11 is 6.26. The van der Waals surface area contributed by atoms with E-state index >= 15 is 0 Å². The monoisotopic (exact) mass is 438 g/mol. The van der Waals surface area contributed by atoms with E-state index in [0.29, 0.717) is 28.8 Å². The molecule has 6 nitrogen and oxygen atoms in total. The molecule has 4 aromatic rings. The van der Waals surface area contributed by atoms with Crippen LogP contribution in [0, 0.1) is 0 Å². The number of aromatic amines is 1. The average Bonchev–Trinajstić information content (AvgIpc) is 3.45. The van der Waals surface area contributed by atoms with Gasteiger partial charge in [0, 0.05) is 34.5 Å². The summed E-state index contributed by atoms with van der Waals surface area (Å²) in [5.74, 6) is 1.64. The molecule has 0 aliphatic heterocycles. The van der Waals surface area contributed by atoms with Crippen molar-refractivity contribution in [1.82, 2.24) is 10.3 Å². The van der Waals surface area contributed by atoms with Crippen molar-refractivity contribution >= 4 is 28.4 Å². The Morgan fingerprint density at radius 1 is 1.13 bits per heavy atom. The molecule has 0 saturated carbocycles. The van der Waals surface area contributed by atoms with Crippen LogP contribution in [-0.2, 0) is 11.3 Å². The highest BCUT2D eigenvalue weighted by Gasteiger charge is 2.23. The second-order valence-corrected chi connectivity index (χ2v) is 7.60. The molecule has 0 unspecified atom stereocenters. The van der Waals surface area contributed by atoms with Crippen LogP contribution in [0.15, 0.2) is 65.4 Å². The fourth-order valence-corrected chi connectivity index (χ4v) is 3.91. The number of benzene rings is 2. The number of furan rings is 1. The van der Waals surface area contributed by atoms with E-state index in [1.807, 2.05) is 48.7 Å². The number of rotatable bonds is 8. The zero-order valence-corrected chi connectivity index (χ0v) is 18.0. The molecule has 1 amide bonds. The van der Waals surface area contributed by atoms with E-state index in [4.69, 9.17) is 25.5 Å². The van der Waals surface area contributed by atoms with E-state index < -0.39 is 0 Å². The highest BCUT2D eigenvalue weighted by molar-refractivity contribution is 6.31. The van der Waals surface area contributed by atoms with E-state index in [0.717, 1.165) is 22.0 Å². The number of H-pyrrole nitrogens is 1. The van der Waals surface area contributed by atoms with Gasteiger partial charge >= 0.3 is 0 Å². The molecule has 0 aliphatic carbocycles. The number of methoxy groups -OCH3 is 2. The van der Waals surface area contributed by atoms with Gasteiger partial charge in [0.25, 0.3) is 0 Å². The maximum Gasteiger partial charge on any atom is 0.221 e. The molecular weight excluding hydrogens is 416 g/mol. The van der Waals surface area contributed by atoms with Crippen molar-refractivity contribution in [2.24, 2.45) is 0 Å². The Kier molecular flexibility index (Phi) is 6.18. The van der Waals surface area contributed by atoms with Crippen molar-refractivity contribution in [2.45, 2.75) is 18.9 Å². The standard InChI is InChI=1S/C24H23ClN2O4/c1-29-22-8-5-15(10-23(22)30-2)18(12-24(28)27-13-17-4-3-9-31-17)20-14-26-21-7-6-16(25)11-19(20)21/h3-11,14,18,26H,12-13H2,1-2H3,(H,27,28)/t18-/m0/s1. The Balaban J connectivity index is 1.69. The Labute approximate surface area is 185 Å². The Morgan fingerprint density at radius 2 is 1.97 bits per heavy atom. The van der Waals surface area contributed by atoms with Crippen LogP contribution in [0.2, 0.25) is 5.02 Å². The minimum Gasteiger partial charge on any atom is -0.493 e. The Bertz CT molecular complexity index is 1180. The van der Waals surface area contributed by atoms with Gasteiger partial charge in [-0.05, 0) is 53.6 Å². The van der Waals surface area contributed by atoms with Crippen LogP contribution in [-0.4, -0.2) is 25.1 Å². The molecule has 2 aromatic carbocycles. The first kappa shape index (κ1) is 20.9. The molecule has 31 heavy (non-hydrogen) atoms. The number of aromatic nitrogens is 1. The first-order chi connectivity index (χ1) is 15.1. The molecular formula is C24H23ClN2O4. The van der Waals surface area contributed by atoms with E-state index in [9.17, 15) is 4.79 Å². The molecule has 4 rings (SSSR count). The van der Waals surface area contributed by atoms with Gasteiger partial charge in [0.1, 0.15) is 5.76 Å². The van der Waals surface area contributed by atoms with Crippen LogP contribution in [0.25, 0.3) is 10.9 Å². The van der Waals surface area contributed by atoms with Gasteiger partial charge < -0.3 is 24.2 Å². The van der Waals surface area contributed by atoms with Crippen molar-refractivity contribution in [2.75, 3.05) is 14.2 Å².